The highest BCUT2D eigenvalue weighted by Gasteiger charge is 2.11. The Bertz CT molecular complexity index is 393. The van der Waals surface area contributed by atoms with Crippen LogP contribution in [0.1, 0.15) is 27.2 Å². The van der Waals surface area contributed by atoms with Crippen molar-refractivity contribution in [3.05, 3.63) is 28.3 Å². The summed E-state index contributed by atoms with van der Waals surface area (Å²) in [5.41, 5.74) is 0.763. The fourth-order valence-electron chi connectivity index (χ4n) is 1.41. The van der Waals surface area contributed by atoms with Gasteiger partial charge < -0.3 is 10.1 Å². The van der Waals surface area contributed by atoms with Gasteiger partial charge in [-0.2, -0.15) is 0 Å². The Labute approximate surface area is 101 Å². The molecule has 0 aliphatic carbocycles. The van der Waals surface area contributed by atoms with E-state index in [0.29, 0.717) is 12.4 Å². The minimum absolute atomic E-state index is 0.0433. The third-order valence-electron chi connectivity index (χ3n) is 2.44. The number of nitrogens with zero attached hydrogens (tertiary/aromatic N) is 1. The van der Waals surface area contributed by atoms with Crippen LogP contribution in [0.15, 0.2) is 18.2 Å². The second kappa shape index (κ2) is 6.08. The van der Waals surface area contributed by atoms with E-state index < -0.39 is 4.92 Å². The van der Waals surface area contributed by atoms with E-state index in [9.17, 15) is 10.1 Å². The van der Waals surface area contributed by atoms with Gasteiger partial charge in [-0.3, -0.25) is 10.1 Å². The number of hydrogen-bond donors (Lipinski definition) is 1. The van der Waals surface area contributed by atoms with Crippen LogP contribution in [0.4, 0.5) is 11.4 Å². The number of ether oxygens (including phenoxy) is 1. The van der Waals surface area contributed by atoms with Crippen LogP contribution in [0.5, 0.6) is 5.75 Å². The van der Waals surface area contributed by atoms with Crippen molar-refractivity contribution in [1.82, 2.24) is 0 Å². The van der Waals surface area contributed by atoms with Crippen LogP contribution in [-0.4, -0.2) is 17.6 Å². The molecule has 0 amide bonds. The number of nitro groups is 1. The molecule has 1 unspecified atom stereocenters. The quantitative estimate of drug-likeness (QED) is 0.610. The number of rotatable bonds is 6. The third-order valence-corrected chi connectivity index (χ3v) is 2.44. The standard InChI is InChI=1S/C12H18N2O3/c1-4-9(3)13-10-6-11(14(15)16)8-12(7-10)17-5-2/h6-9,13H,4-5H2,1-3H3. The largest absolute Gasteiger partial charge is 0.494 e. The van der Waals surface area contributed by atoms with Crippen molar-refractivity contribution >= 4 is 11.4 Å². The summed E-state index contributed by atoms with van der Waals surface area (Å²) in [6.07, 6.45) is 0.951. The zero-order chi connectivity index (χ0) is 12.8. The monoisotopic (exact) mass is 238 g/mol. The first-order valence-electron chi connectivity index (χ1n) is 5.75. The summed E-state index contributed by atoms with van der Waals surface area (Å²) < 4.78 is 5.31. The minimum atomic E-state index is -0.412. The first kappa shape index (κ1) is 13.3. The van der Waals surface area contributed by atoms with Crippen LogP contribution < -0.4 is 10.1 Å². The van der Waals surface area contributed by atoms with E-state index in [2.05, 4.69) is 12.2 Å². The van der Waals surface area contributed by atoms with Crippen LogP contribution in [0.2, 0.25) is 0 Å². The molecule has 17 heavy (non-hydrogen) atoms. The zero-order valence-electron chi connectivity index (χ0n) is 10.4. The van der Waals surface area contributed by atoms with E-state index >= 15 is 0 Å². The molecule has 0 radical (unpaired) electrons. The number of nitro benzene ring substituents is 1. The molecule has 1 atom stereocenters. The molecule has 0 spiro atoms. The molecule has 0 aromatic heterocycles. The molecule has 0 bridgehead atoms. The maximum atomic E-state index is 10.8. The molecule has 94 valence electrons. The van der Waals surface area contributed by atoms with E-state index in [4.69, 9.17) is 4.74 Å². The maximum absolute atomic E-state index is 10.8. The third kappa shape index (κ3) is 3.94. The Morgan fingerprint density at radius 2 is 2.12 bits per heavy atom. The average Bonchev–Trinajstić information content (AvgIpc) is 2.29. The van der Waals surface area contributed by atoms with Crippen LogP contribution in [0.3, 0.4) is 0 Å². The van der Waals surface area contributed by atoms with Crippen LogP contribution in [-0.2, 0) is 0 Å². The summed E-state index contributed by atoms with van der Waals surface area (Å²) in [4.78, 5) is 10.4. The molecule has 0 aliphatic rings. The normalized spacial score (nSPS) is 11.9. The predicted molar refractivity (Wildman–Crippen MR) is 67.6 cm³/mol. The molecule has 0 aliphatic heterocycles. The number of anilines is 1. The second-order valence-electron chi connectivity index (χ2n) is 3.86. The fourth-order valence-corrected chi connectivity index (χ4v) is 1.41. The highest BCUT2D eigenvalue weighted by molar-refractivity contribution is 5.56. The first-order chi connectivity index (χ1) is 8.06. The highest BCUT2D eigenvalue weighted by atomic mass is 16.6. The van der Waals surface area contributed by atoms with Crippen molar-refractivity contribution in [2.24, 2.45) is 0 Å². The molecule has 1 aromatic carbocycles. The minimum Gasteiger partial charge on any atom is -0.494 e. The number of hydrogen-bond acceptors (Lipinski definition) is 4. The van der Waals surface area contributed by atoms with Crippen LogP contribution in [0, 0.1) is 10.1 Å². The van der Waals surface area contributed by atoms with Crippen molar-refractivity contribution in [1.29, 1.82) is 0 Å². The van der Waals surface area contributed by atoms with Gasteiger partial charge in [-0.05, 0) is 20.3 Å². The highest BCUT2D eigenvalue weighted by Crippen LogP contribution is 2.26. The lowest BCUT2D eigenvalue weighted by atomic mass is 10.2. The van der Waals surface area contributed by atoms with Gasteiger partial charge >= 0.3 is 0 Å². The van der Waals surface area contributed by atoms with Gasteiger partial charge in [0.25, 0.3) is 5.69 Å². The van der Waals surface area contributed by atoms with E-state index in [1.807, 2.05) is 13.8 Å². The van der Waals surface area contributed by atoms with Gasteiger partial charge in [0.05, 0.1) is 17.6 Å². The lowest BCUT2D eigenvalue weighted by molar-refractivity contribution is -0.384. The molecule has 5 heteroatoms. The topological polar surface area (TPSA) is 64.4 Å². The number of benzene rings is 1. The second-order valence-corrected chi connectivity index (χ2v) is 3.86. The van der Waals surface area contributed by atoms with Gasteiger partial charge in [0, 0.05) is 23.9 Å². The summed E-state index contributed by atoms with van der Waals surface area (Å²) in [5.74, 6) is 0.521. The fraction of sp³-hybridized carbons (Fsp3) is 0.500. The molecular formula is C12H18N2O3. The maximum Gasteiger partial charge on any atom is 0.275 e. The molecule has 0 saturated heterocycles. The Hall–Kier alpha value is -1.78. The average molecular weight is 238 g/mol. The lowest BCUT2D eigenvalue weighted by Crippen LogP contribution is -2.13. The van der Waals surface area contributed by atoms with Gasteiger partial charge in [0.1, 0.15) is 5.75 Å². The van der Waals surface area contributed by atoms with Gasteiger partial charge in [-0.15, -0.1) is 0 Å². The Morgan fingerprint density at radius 3 is 2.65 bits per heavy atom. The summed E-state index contributed by atoms with van der Waals surface area (Å²) >= 11 is 0. The molecule has 0 fully saturated rings. The van der Waals surface area contributed by atoms with E-state index in [1.165, 1.54) is 12.1 Å². The predicted octanol–water partition coefficient (Wildman–Crippen LogP) is 3.20. The Morgan fingerprint density at radius 1 is 1.41 bits per heavy atom. The van der Waals surface area contributed by atoms with Crippen LogP contribution in [0.25, 0.3) is 0 Å². The molecule has 1 N–H and O–H groups in total. The smallest absolute Gasteiger partial charge is 0.275 e. The Kier molecular flexibility index (Phi) is 4.75. The van der Waals surface area contributed by atoms with Gasteiger partial charge in [0.15, 0.2) is 0 Å². The number of non-ortho nitro benzene ring substituents is 1. The van der Waals surface area contributed by atoms with E-state index in [0.717, 1.165) is 12.1 Å². The van der Waals surface area contributed by atoms with Crippen molar-refractivity contribution in [3.63, 3.8) is 0 Å². The first-order valence-corrected chi connectivity index (χ1v) is 5.75. The molecule has 5 nitrogen and oxygen atoms in total. The molecule has 1 rings (SSSR count). The van der Waals surface area contributed by atoms with Crippen molar-refractivity contribution in [3.8, 4) is 5.75 Å². The van der Waals surface area contributed by atoms with E-state index in [1.54, 1.807) is 6.07 Å². The summed E-state index contributed by atoms with van der Waals surface area (Å²) in [7, 11) is 0. The lowest BCUT2D eigenvalue weighted by Gasteiger charge is -2.14. The van der Waals surface area contributed by atoms with E-state index in [-0.39, 0.29) is 11.7 Å². The summed E-state index contributed by atoms with van der Waals surface area (Å²) in [6, 6.07) is 5.01. The SMILES string of the molecule is CCOc1cc(NC(C)CC)cc([N+](=O)[O-])c1. The van der Waals surface area contributed by atoms with Crippen LogP contribution >= 0.6 is 0 Å². The summed E-state index contributed by atoms with van der Waals surface area (Å²) in [6.45, 7) is 6.42. The van der Waals surface area contributed by atoms with Gasteiger partial charge in [0.2, 0.25) is 0 Å². The molecule has 0 heterocycles. The van der Waals surface area contributed by atoms with Crippen molar-refractivity contribution in [2.45, 2.75) is 33.2 Å². The van der Waals surface area contributed by atoms with Gasteiger partial charge in [-0.25, -0.2) is 0 Å². The van der Waals surface area contributed by atoms with Gasteiger partial charge in [-0.1, -0.05) is 6.92 Å². The van der Waals surface area contributed by atoms with Crippen molar-refractivity contribution < 1.29 is 9.66 Å². The molecular weight excluding hydrogens is 220 g/mol. The molecule has 0 saturated carbocycles. The van der Waals surface area contributed by atoms with Crippen molar-refractivity contribution in [2.75, 3.05) is 11.9 Å². The number of nitrogens with one attached hydrogen (secondary N) is 1. The zero-order valence-corrected chi connectivity index (χ0v) is 10.4. The summed E-state index contributed by atoms with van der Waals surface area (Å²) in [5, 5.41) is 14.0. The Balaban J connectivity index is 2.99. The molecule has 1 aromatic rings.